The number of phenolic OH excluding ortho intramolecular Hbond substituents is 1. The SMILES string of the molecule is CN(CCCN(C)Cc1ccccc1)CC(=O)N/N=C/c1cc(C(C)(C)C)cc(C(C)(C)C)c1O. The molecule has 0 aliphatic rings. The van der Waals surface area contributed by atoms with Gasteiger partial charge >= 0.3 is 0 Å². The second-order valence-electron chi connectivity index (χ2n) is 11.6. The number of hydrogen-bond acceptors (Lipinski definition) is 5. The minimum atomic E-state index is -0.213. The Labute approximate surface area is 212 Å². The van der Waals surface area contributed by atoms with Crippen LogP contribution in [0.3, 0.4) is 0 Å². The lowest BCUT2D eigenvalue weighted by Crippen LogP contribution is -2.34. The van der Waals surface area contributed by atoms with Gasteiger partial charge in [-0.1, -0.05) is 77.9 Å². The van der Waals surface area contributed by atoms with Crippen molar-refractivity contribution in [1.82, 2.24) is 15.2 Å². The lowest BCUT2D eigenvalue weighted by Gasteiger charge is -2.26. The van der Waals surface area contributed by atoms with Crippen LogP contribution in [0, 0.1) is 0 Å². The Morgan fingerprint density at radius 2 is 1.60 bits per heavy atom. The van der Waals surface area contributed by atoms with Crippen molar-refractivity contribution in [3.63, 3.8) is 0 Å². The van der Waals surface area contributed by atoms with E-state index < -0.39 is 0 Å². The number of nitrogens with zero attached hydrogens (tertiary/aromatic N) is 3. The maximum atomic E-state index is 12.4. The first-order valence-corrected chi connectivity index (χ1v) is 12.4. The summed E-state index contributed by atoms with van der Waals surface area (Å²) in [5.41, 5.74) is 6.21. The summed E-state index contributed by atoms with van der Waals surface area (Å²) >= 11 is 0. The molecule has 0 spiro atoms. The van der Waals surface area contributed by atoms with Crippen LogP contribution in [0.1, 0.15) is 70.2 Å². The summed E-state index contributed by atoms with van der Waals surface area (Å²) in [6.07, 6.45) is 2.51. The lowest BCUT2D eigenvalue weighted by molar-refractivity contribution is -0.121. The number of rotatable bonds is 10. The van der Waals surface area contributed by atoms with E-state index in [4.69, 9.17) is 0 Å². The molecule has 0 atom stereocenters. The molecule has 192 valence electrons. The highest BCUT2D eigenvalue weighted by Gasteiger charge is 2.24. The first kappa shape index (κ1) is 28.5. The van der Waals surface area contributed by atoms with Gasteiger partial charge in [-0.2, -0.15) is 5.10 Å². The van der Waals surface area contributed by atoms with Crippen LogP contribution in [0.5, 0.6) is 5.75 Å². The second-order valence-corrected chi connectivity index (χ2v) is 11.6. The summed E-state index contributed by atoms with van der Waals surface area (Å²) in [5.74, 6) is 0.0316. The third-order valence-electron chi connectivity index (χ3n) is 5.99. The Morgan fingerprint density at radius 3 is 2.20 bits per heavy atom. The van der Waals surface area contributed by atoms with Crippen LogP contribution in [0.2, 0.25) is 0 Å². The molecule has 1 amide bonds. The van der Waals surface area contributed by atoms with Gasteiger partial charge in [0.2, 0.25) is 0 Å². The standard InChI is InChI=1S/C29H44N4O2/c1-28(2,3)24-17-23(27(35)25(18-24)29(4,5)6)19-30-31-26(34)21-33(8)16-12-15-32(7)20-22-13-10-9-11-14-22/h9-11,13-14,17-19,35H,12,15-16,20-21H2,1-8H3,(H,31,34)/b30-19+. The number of hydrazone groups is 1. The first-order valence-electron chi connectivity index (χ1n) is 12.4. The highest BCUT2D eigenvalue weighted by Crippen LogP contribution is 2.37. The van der Waals surface area contributed by atoms with Gasteiger partial charge in [0.25, 0.3) is 5.91 Å². The number of amides is 1. The predicted molar refractivity (Wildman–Crippen MR) is 146 cm³/mol. The molecule has 2 rings (SSSR count). The van der Waals surface area contributed by atoms with E-state index in [0.717, 1.165) is 37.2 Å². The molecule has 0 bridgehead atoms. The van der Waals surface area contributed by atoms with E-state index in [0.29, 0.717) is 5.56 Å². The number of nitrogens with one attached hydrogen (secondary N) is 1. The van der Waals surface area contributed by atoms with Gasteiger partial charge in [-0.3, -0.25) is 9.69 Å². The number of phenols is 1. The monoisotopic (exact) mass is 480 g/mol. The van der Waals surface area contributed by atoms with Crippen LogP contribution >= 0.6 is 0 Å². The molecule has 0 fully saturated rings. The number of hydrogen-bond donors (Lipinski definition) is 2. The van der Waals surface area contributed by atoms with Gasteiger partial charge < -0.3 is 10.0 Å². The highest BCUT2D eigenvalue weighted by molar-refractivity contribution is 5.86. The van der Waals surface area contributed by atoms with Crippen molar-refractivity contribution < 1.29 is 9.90 Å². The summed E-state index contributed by atoms with van der Waals surface area (Å²) in [4.78, 5) is 16.7. The Kier molecular flexibility index (Phi) is 10.0. The van der Waals surface area contributed by atoms with Gasteiger partial charge in [-0.15, -0.1) is 0 Å². The van der Waals surface area contributed by atoms with Crippen molar-refractivity contribution in [2.75, 3.05) is 33.7 Å². The van der Waals surface area contributed by atoms with E-state index in [-0.39, 0.29) is 29.0 Å². The van der Waals surface area contributed by atoms with Crippen LogP contribution < -0.4 is 5.43 Å². The molecule has 0 radical (unpaired) electrons. The molecule has 2 aromatic rings. The van der Waals surface area contributed by atoms with E-state index in [1.54, 1.807) is 0 Å². The van der Waals surface area contributed by atoms with E-state index in [9.17, 15) is 9.90 Å². The summed E-state index contributed by atoms with van der Waals surface area (Å²) < 4.78 is 0. The molecule has 0 aliphatic carbocycles. The number of likely N-dealkylation sites (N-methyl/N-ethyl adjacent to an activating group) is 1. The molecule has 6 nitrogen and oxygen atoms in total. The average molecular weight is 481 g/mol. The molecule has 0 heterocycles. The van der Waals surface area contributed by atoms with Gasteiger partial charge in [-0.25, -0.2) is 5.43 Å². The smallest absolute Gasteiger partial charge is 0.254 e. The molecule has 2 N–H and O–H groups in total. The quantitative estimate of drug-likeness (QED) is 0.375. The van der Waals surface area contributed by atoms with Gasteiger partial charge in [0.1, 0.15) is 5.75 Å². The summed E-state index contributed by atoms with van der Waals surface area (Å²) in [7, 11) is 4.05. The second kappa shape index (κ2) is 12.3. The fourth-order valence-electron chi connectivity index (χ4n) is 3.88. The van der Waals surface area contributed by atoms with Gasteiger partial charge in [-0.05, 0) is 61.6 Å². The molecule has 0 aromatic heterocycles. The van der Waals surface area contributed by atoms with Crippen LogP contribution in [-0.2, 0) is 22.2 Å². The Bertz CT molecular complexity index is 988. The molecule has 6 heteroatoms. The zero-order valence-corrected chi connectivity index (χ0v) is 22.9. The van der Waals surface area contributed by atoms with Crippen molar-refractivity contribution >= 4 is 12.1 Å². The van der Waals surface area contributed by atoms with E-state index in [1.807, 2.05) is 24.1 Å². The number of carbonyl (C=O) groups excluding carboxylic acids is 1. The zero-order valence-electron chi connectivity index (χ0n) is 22.9. The van der Waals surface area contributed by atoms with Crippen molar-refractivity contribution in [3.05, 3.63) is 64.7 Å². The molecular weight excluding hydrogens is 436 g/mol. The van der Waals surface area contributed by atoms with Gasteiger partial charge in [0, 0.05) is 17.7 Å². The van der Waals surface area contributed by atoms with Gasteiger partial charge in [0.05, 0.1) is 12.8 Å². The molecule has 0 saturated heterocycles. The van der Waals surface area contributed by atoms with E-state index >= 15 is 0 Å². The molecule has 0 aliphatic heterocycles. The molecule has 2 aromatic carbocycles. The highest BCUT2D eigenvalue weighted by atomic mass is 16.3. The molecule has 0 saturated carbocycles. The topological polar surface area (TPSA) is 68.2 Å². The van der Waals surface area contributed by atoms with E-state index in [1.165, 1.54) is 11.8 Å². The molecule has 35 heavy (non-hydrogen) atoms. The van der Waals surface area contributed by atoms with Crippen LogP contribution in [0.15, 0.2) is 47.6 Å². The Hall–Kier alpha value is -2.70. The van der Waals surface area contributed by atoms with Crippen molar-refractivity contribution in [2.45, 2.75) is 65.3 Å². The molecular formula is C29H44N4O2. The van der Waals surface area contributed by atoms with Crippen molar-refractivity contribution in [2.24, 2.45) is 5.10 Å². The maximum Gasteiger partial charge on any atom is 0.254 e. The third kappa shape index (κ3) is 9.46. The average Bonchev–Trinajstić information content (AvgIpc) is 2.73. The summed E-state index contributed by atoms with van der Waals surface area (Å²) in [6.45, 7) is 15.6. The largest absolute Gasteiger partial charge is 0.507 e. The predicted octanol–water partition coefficient (Wildman–Crippen LogP) is 4.89. The fraction of sp³-hybridized carbons (Fsp3) is 0.517. The number of benzene rings is 2. The Balaban J connectivity index is 1.88. The van der Waals surface area contributed by atoms with Gasteiger partial charge in [0.15, 0.2) is 0 Å². The van der Waals surface area contributed by atoms with E-state index in [2.05, 4.69) is 94.3 Å². The normalized spacial score (nSPS) is 12.6. The molecule has 0 unspecified atom stereocenters. The first-order chi connectivity index (χ1) is 16.3. The van der Waals surface area contributed by atoms with Crippen LogP contribution in [-0.4, -0.2) is 60.8 Å². The summed E-state index contributed by atoms with van der Waals surface area (Å²) in [6, 6.07) is 14.4. The third-order valence-corrected chi connectivity index (χ3v) is 5.99. The van der Waals surface area contributed by atoms with Crippen molar-refractivity contribution in [1.29, 1.82) is 0 Å². The summed E-state index contributed by atoms with van der Waals surface area (Å²) in [5, 5.41) is 15.0. The minimum Gasteiger partial charge on any atom is -0.507 e. The zero-order chi connectivity index (χ0) is 26.2. The van der Waals surface area contributed by atoms with Crippen LogP contribution in [0.25, 0.3) is 0 Å². The van der Waals surface area contributed by atoms with Crippen molar-refractivity contribution in [3.8, 4) is 5.75 Å². The minimum absolute atomic E-state index is 0.0720. The lowest BCUT2D eigenvalue weighted by atomic mass is 9.79. The number of aromatic hydroxyl groups is 1. The fourth-order valence-corrected chi connectivity index (χ4v) is 3.88. The van der Waals surface area contributed by atoms with Crippen LogP contribution in [0.4, 0.5) is 0 Å². The Morgan fingerprint density at radius 1 is 0.971 bits per heavy atom. The number of carbonyl (C=O) groups is 1. The maximum absolute atomic E-state index is 12.4.